The Hall–Kier alpha value is -2.32. The number of fused-ring (bicyclic) bond motifs is 1. The number of carbonyl (C=O) groups excluding carboxylic acids is 2. The Morgan fingerprint density at radius 3 is 2.45 bits per heavy atom. The van der Waals surface area contributed by atoms with Crippen molar-refractivity contribution in [2.24, 2.45) is 0 Å². The van der Waals surface area contributed by atoms with Crippen LogP contribution in [0.25, 0.3) is 0 Å². The molecule has 2 aromatic carbocycles. The second kappa shape index (κ2) is 8.20. The van der Waals surface area contributed by atoms with Gasteiger partial charge in [0.15, 0.2) is 9.84 Å². The molecule has 2 amide bonds. The van der Waals surface area contributed by atoms with E-state index in [2.05, 4.69) is 10.6 Å². The van der Waals surface area contributed by atoms with Gasteiger partial charge in [-0.2, -0.15) is 0 Å². The molecule has 0 bridgehead atoms. The van der Waals surface area contributed by atoms with Gasteiger partial charge in [-0.15, -0.1) is 11.8 Å². The highest BCUT2D eigenvalue weighted by Gasteiger charge is 2.25. The molecule has 154 valence electrons. The monoisotopic (exact) mass is 432 g/mol. The van der Waals surface area contributed by atoms with Crippen LogP contribution in [-0.4, -0.2) is 31.2 Å². The summed E-state index contributed by atoms with van der Waals surface area (Å²) in [6.45, 7) is 7.60. The summed E-state index contributed by atoms with van der Waals surface area (Å²) < 4.78 is 25.4. The number of nitrogens with one attached hydrogen (secondary N) is 2. The van der Waals surface area contributed by atoms with Crippen LogP contribution in [0, 0.1) is 20.8 Å². The molecule has 0 saturated carbocycles. The van der Waals surface area contributed by atoms with E-state index in [0.717, 1.165) is 27.3 Å². The van der Waals surface area contributed by atoms with Gasteiger partial charge in [0.05, 0.1) is 21.6 Å². The predicted molar refractivity (Wildman–Crippen MR) is 116 cm³/mol. The van der Waals surface area contributed by atoms with E-state index in [4.69, 9.17) is 0 Å². The molecule has 0 unspecified atom stereocenters. The van der Waals surface area contributed by atoms with Gasteiger partial charge >= 0.3 is 0 Å². The Kier molecular flexibility index (Phi) is 6.05. The van der Waals surface area contributed by atoms with Crippen LogP contribution in [-0.2, 0) is 19.4 Å². The zero-order valence-electron chi connectivity index (χ0n) is 16.8. The van der Waals surface area contributed by atoms with Crippen LogP contribution in [0.5, 0.6) is 0 Å². The summed E-state index contributed by atoms with van der Waals surface area (Å²) in [4.78, 5) is 25.1. The van der Waals surface area contributed by atoms with E-state index in [0.29, 0.717) is 5.69 Å². The minimum atomic E-state index is -3.66. The van der Waals surface area contributed by atoms with Crippen LogP contribution in [0.1, 0.15) is 30.0 Å². The summed E-state index contributed by atoms with van der Waals surface area (Å²) in [6.07, 6.45) is -0.148. The first-order chi connectivity index (χ1) is 13.6. The van der Waals surface area contributed by atoms with Gasteiger partial charge in [-0.3, -0.25) is 9.59 Å². The predicted octanol–water partition coefficient (Wildman–Crippen LogP) is 3.85. The molecule has 1 aliphatic rings. The van der Waals surface area contributed by atoms with Gasteiger partial charge in [0.2, 0.25) is 11.8 Å². The van der Waals surface area contributed by atoms with Crippen molar-refractivity contribution in [1.29, 1.82) is 0 Å². The average molecular weight is 433 g/mol. The summed E-state index contributed by atoms with van der Waals surface area (Å²) in [5.74, 6) is -0.807. The number of benzene rings is 2. The van der Waals surface area contributed by atoms with Crippen molar-refractivity contribution in [1.82, 2.24) is 0 Å². The van der Waals surface area contributed by atoms with Gasteiger partial charge in [0.25, 0.3) is 0 Å². The fraction of sp³-hybridized carbons (Fsp3) is 0.333. The molecule has 6 nitrogen and oxygen atoms in total. The lowest BCUT2D eigenvalue weighted by Gasteiger charge is -2.21. The van der Waals surface area contributed by atoms with E-state index < -0.39 is 9.84 Å². The molecule has 1 aliphatic heterocycles. The van der Waals surface area contributed by atoms with Gasteiger partial charge in [0.1, 0.15) is 0 Å². The van der Waals surface area contributed by atoms with Crippen LogP contribution in [0.3, 0.4) is 0 Å². The van der Waals surface area contributed by atoms with Crippen LogP contribution in [0.15, 0.2) is 40.1 Å². The summed E-state index contributed by atoms with van der Waals surface area (Å²) in [5, 5.41) is 5.34. The number of amides is 2. The van der Waals surface area contributed by atoms with E-state index in [1.165, 1.54) is 23.9 Å². The number of hydrogen-bond acceptors (Lipinski definition) is 5. The number of rotatable bonds is 5. The van der Waals surface area contributed by atoms with Crippen molar-refractivity contribution >= 4 is 44.8 Å². The summed E-state index contributed by atoms with van der Waals surface area (Å²) in [7, 11) is -3.66. The molecule has 1 atom stereocenters. The van der Waals surface area contributed by atoms with E-state index in [-0.39, 0.29) is 34.1 Å². The molecule has 3 rings (SSSR count). The number of sulfone groups is 1. The molecule has 0 radical (unpaired) electrons. The molecule has 0 saturated heterocycles. The second-order valence-electron chi connectivity index (χ2n) is 7.30. The van der Waals surface area contributed by atoms with Crippen molar-refractivity contribution in [3.8, 4) is 0 Å². The highest BCUT2D eigenvalue weighted by atomic mass is 32.2. The lowest BCUT2D eigenvalue weighted by molar-refractivity contribution is -0.116. The van der Waals surface area contributed by atoms with E-state index in [1.54, 1.807) is 13.0 Å². The molecule has 8 heteroatoms. The Balaban J connectivity index is 1.70. The molecule has 2 N–H and O–H groups in total. The van der Waals surface area contributed by atoms with E-state index in [9.17, 15) is 18.0 Å². The topological polar surface area (TPSA) is 92.3 Å². The molecule has 0 fully saturated rings. The molecule has 29 heavy (non-hydrogen) atoms. The molecule has 0 aromatic heterocycles. The minimum Gasteiger partial charge on any atom is -0.326 e. The van der Waals surface area contributed by atoms with Gasteiger partial charge in [-0.05, 0) is 57.0 Å². The van der Waals surface area contributed by atoms with Crippen LogP contribution < -0.4 is 10.6 Å². The number of carbonyl (C=O) groups is 2. The second-order valence-corrected chi connectivity index (χ2v) is 10.8. The third-order valence-corrected chi connectivity index (χ3v) is 7.67. The maximum absolute atomic E-state index is 12.7. The van der Waals surface area contributed by atoms with E-state index in [1.807, 2.05) is 32.9 Å². The standard InChI is InChI=1S/C21H24N2O4S2/c1-12-9-13(2)20(14(3)10-12)23-19(24)7-8-29(26,27)16-5-6-18-17(11-16)22-21(25)15(4)28-18/h5-6,9-11,15H,7-8H2,1-4H3,(H,22,25)(H,23,24)/t15-/m1/s1. The highest BCUT2D eigenvalue weighted by molar-refractivity contribution is 8.01. The summed E-state index contributed by atoms with van der Waals surface area (Å²) in [6, 6.07) is 8.63. The van der Waals surface area contributed by atoms with Gasteiger partial charge in [-0.1, -0.05) is 17.7 Å². The first-order valence-electron chi connectivity index (χ1n) is 9.29. The zero-order valence-corrected chi connectivity index (χ0v) is 18.5. The van der Waals surface area contributed by atoms with Gasteiger partial charge < -0.3 is 10.6 Å². The summed E-state index contributed by atoms with van der Waals surface area (Å²) >= 11 is 1.39. The SMILES string of the molecule is Cc1cc(C)c(NC(=O)CCS(=O)(=O)c2ccc3c(c2)NC(=O)[C@@H](C)S3)c(C)c1. The number of hydrogen-bond donors (Lipinski definition) is 2. The van der Waals surface area contributed by atoms with E-state index >= 15 is 0 Å². The fourth-order valence-electron chi connectivity index (χ4n) is 3.31. The molecule has 1 heterocycles. The lowest BCUT2D eigenvalue weighted by atomic mass is 10.1. The number of aryl methyl sites for hydroxylation is 3. The average Bonchev–Trinajstić information content (AvgIpc) is 2.63. The van der Waals surface area contributed by atoms with Gasteiger partial charge in [0, 0.05) is 17.0 Å². The van der Waals surface area contributed by atoms with Gasteiger partial charge in [-0.25, -0.2) is 8.42 Å². The molecule has 2 aromatic rings. The van der Waals surface area contributed by atoms with Crippen LogP contribution >= 0.6 is 11.8 Å². The van der Waals surface area contributed by atoms with Crippen molar-refractivity contribution in [2.75, 3.05) is 16.4 Å². The van der Waals surface area contributed by atoms with Crippen molar-refractivity contribution < 1.29 is 18.0 Å². The molecular formula is C21H24N2O4S2. The first kappa shape index (κ1) is 21.4. The normalized spacial score (nSPS) is 16.1. The third kappa shape index (κ3) is 4.82. The Labute approximate surface area is 175 Å². The smallest absolute Gasteiger partial charge is 0.237 e. The zero-order chi connectivity index (χ0) is 21.3. The molecule has 0 aliphatic carbocycles. The highest BCUT2D eigenvalue weighted by Crippen LogP contribution is 2.37. The Morgan fingerprint density at radius 1 is 1.14 bits per heavy atom. The maximum atomic E-state index is 12.7. The Morgan fingerprint density at radius 2 is 1.79 bits per heavy atom. The number of anilines is 2. The van der Waals surface area contributed by atoms with Crippen LogP contribution in [0.4, 0.5) is 11.4 Å². The third-order valence-electron chi connectivity index (χ3n) is 4.78. The Bertz CT molecular complexity index is 1070. The lowest BCUT2D eigenvalue weighted by Crippen LogP contribution is -2.26. The fourth-order valence-corrected chi connectivity index (χ4v) is 5.50. The minimum absolute atomic E-state index is 0.0993. The number of thioether (sulfide) groups is 1. The van der Waals surface area contributed by atoms with Crippen molar-refractivity contribution in [2.45, 2.75) is 49.2 Å². The van der Waals surface area contributed by atoms with Crippen molar-refractivity contribution in [3.63, 3.8) is 0 Å². The molecule has 0 spiro atoms. The summed E-state index contributed by atoms with van der Waals surface area (Å²) in [5.41, 5.74) is 4.20. The van der Waals surface area contributed by atoms with Crippen molar-refractivity contribution in [3.05, 3.63) is 47.0 Å². The van der Waals surface area contributed by atoms with Crippen LogP contribution in [0.2, 0.25) is 0 Å². The largest absolute Gasteiger partial charge is 0.326 e. The maximum Gasteiger partial charge on any atom is 0.237 e. The molecular weight excluding hydrogens is 408 g/mol. The first-order valence-corrected chi connectivity index (χ1v) is 11.8. The quantitative estimate of drug-likeness (QED) is 0.749.